The minimum absolute atomic E-state index is 0.0673. The van der Waals surface area contributed by atoms with Gasteiger partial charge in [-0.1, -0.05) is 0 Å². The zero-order valence-corrected chi connectivity index (χ0v) is 14.2. The van der Waals surface area contributed by atoms with Crippen molar-refractivity contribution in [1.29, 1.82) is 0 Å². The maximum Gasteiger partial charge on any atom is 0.323 e. The third-order valence-corrected chi connectivity index (χ3v) is 4.90. The second kappa shape index (κ2) is 8.94. The highest BCUT2D eigenvalue weighted by molar-refractivity contribution is 5.88. The lowest BCUT2D eigenvalue weighted by molar-refractivity contribution is 0.0363. The van der Waals surface area contributed by atoms with Crippen LogP contribution in [-0.4, -0.2) is 72.0 Å². The number of likely N-dealkylation sites (tertiary alicyclic amines) is 1. The fourth-order valence-corrected chi connectivity index (χ4v) is 3.41. The normalized spacial score (nSPS) is 20.1. The van der Waals surface area contributed by atoms with Crippen molar-refractivity contribution >= 4 is 11.8 Å². The molecule has 0 saturated carbocycles. The van der Waals surface area contributed by atoms with E-state index in [-0.39, 0.29) is 6.03 Å². The van der Waals surface area contributed by atoms with E-state index in [4.69, 9.17) is 4.74 Å². The molecule has 2 saturated heterocycles. The minimum Gasteiger partial charge on any atom is -0.379 e. The number of ether oxygens (including phenoxy) is 1. The van der Waals surface area contributed by atoms with Gasteiger partial charge in [0.05, 0.1) is 13.2 Å². The SMILES string of the molecule is O=C(Nc1cccnn1)N1CCC(CCCN2CCOCC2)CC1. The van der Waals surface area contributed by atoms with Crippen LogP contribution in [0.1, 0.15) is 25.7 Å². The van der Waals surface area contributed by atoms with E-state index >= 15 is 0 Å². The Morgan fingerprint density at radius 2 is 2.04 bits per heavy atom. The van der Waals surface area contributed by atoms with Crippen LogP contribution in [0.25, 0.3) is 0 Å². The summed E-state index contributed by atoms with van der Waals surface area (Å²) in [6.07, 6.45) is 6.29. The van der Waals surface area contributed by atoms with Crippen molar-refractivity contribution in [3.05, 3.63) is 18.3 Å². The summed E-state index contributed by atoms with van der Waals surface area (Å²) in [5.74, 6) is 1.25. The van der Waals surface area contributed by atoms with Crippen LogP contribution in [0.4, 0.5) is 10.6 Å². The Balaban J connectivity index is 1.32. The van der Waals surface area contributed by atoms with Crippen molar-refractivity contribution in [2.24, 2.45) is 5.92 Å². The van der Waals surface area contributed by atoms with Gasteiger partial charge in [-0.05, 0) is 50.3 Å². The minimum atomic E-state index is -0.0673. The van der Waals surface area contributed by atoms with Crippen LogP contribution in [0.5, 0.6) is 0 Å². The Bertz CT molecular complexity index is 499. The van der Waals surface area contributed by atoms with Crippen LogP contribution in [0.3, 0.4) is 0 Å². The van der Waals surface area contributed by atoms with Crippen molar-refractivity contribution in [3.8, 4) is 0 Å². The Hall–Kier alpha value is -1.73. The number of nitrogens with one attached hydrogen (secondary N) is 1. The van der Waals surface area contributed by atoms with E-state index in [0.717, 1.165) is 58.2 Å². The molecule has 0 atom stereocenters. The molecule has 3 heterocycles. The van der Waals surface area contributed by atoms with Gasteiger partial charge in [-0.15, -0.1) is 5.10 Å². The molecule has 2 aliphatic heterocycles. The first-order valence-corrected chi connectivity index (χ1v) is 8.95. The van der Waals surface area contributed by atoms with Gasteiger partial charge >= 0.3 is 6.03 Å². The zero-order chi connectivity index (χ0) is 16.6. The van der Waals surface area contributed by atoms with Gasteiger partial charge in [0.25, 0.3) is 0 Å². The molecule has 2 amide bonds. The van der Waals surface area contributed by atoms with Crippen LogP contribution in [0, 0.1) is 5.92 Å². The first kappa shape index (κ1) is 17.1. The van der Waals surface area contributed by atoms with Crippen LogP contribution < -0.4 is 5.32 Å². The number of morpholine rings is 1. The summed E-state index contributed by atoms with van der Waals surface area (Å²) in [7, 11) is 0. The summed E-state index contributed by atoms with van der Waals surface area (Å²) in [6, 6.07) is 3.45. The third-order valence-electron chi connectivity index (χ3n) is 4.90. The molecular weight excluding hydrogens is 306 g/mol. The number of hydrogen-bond acceptors (Lipinski definition) is 5. The van der Waals surface area contributed by atoms with E-state index in [0.29, 0.717) is 5.82 Å². The van der Waals surface area contributed by atoms with E-state index < -0.39 is 0 Å². The molecule has 0 aliphatic carbocycles. The molecule has 0 radical (unpaired) electrons. The number of hydrogen-bond donors (Lipinski definition) is 1. The second-order valence-corrected chi connectivity index (χ2v) is 6.57. The lowest BCUT2D eigenvalue weighted by Crippen LogP contribution is -2.41. The molecule has 132 valence electrons. The molecule has 7 heteroatoms. The van der Waals surface area contributed by atoms with Crippen LogP contribution in [-0.2, 0) is 4.74 Å². The van der Waals surface area contributed by atoms with Crippen LogP contribution in [0.2, 0.25) is 0 Å². The third kappa shape index (κ3) is 5.14. The number of aromatic nitrogens is 2. The number of anilines is 1. The average molecular weight is 333 g/mol. The smallest absolute Gasteiger partial charge is 0.323 e. The summed E-state index contributed by atoms with van der Waals surface area (Å²) < 4.78 is 5.38. The van der Waals surface area contributed by atoms with Crippen molar-refractivity contribution in [2.45, 2.75) is 25.7 Å². The molecular formula is C17H27N5O2. The quantitative estimate of drug-likeness (QED) is 0.890. The fraction of sp³-hybridized carbons (Fsp3) is 0.706. The van der Waals surface area contributed by atoms with Crippen LogP contribution in [0.15, 0.2) is 18.3 Å². The number of urea groups is 1. The van der Waals surface area contributed by atoms with Gasteiger partial charge in [0, 0.05) is 32.4 Å². The maximum atomic E-state index is 12.2. The van der Waals surface area contributed by atoms with Gasteiger partial charge < -0.3 is 9.64 Å². The maximum absolute atomic E-state index is 12.2. The van der Waals surface area contributed by atoms with E-state index in [1.165, 1.54) is 19.4 Å². The summed E-state index contributed by atoms with van der Waals surface area (Å²) >= 11 is 0. The first-order chi connectivity index (χ1) is 11.8. The Morgan fingerprint density at radius 3 is 2.75 bits per heavy atom. The number of piperidine rings is 1. The number of carbonyl (C=O) groups is 1. The predicted octanol–water partition coefficient (Wildman–Crippen LogP) is 1.83. The topological polar surface area (TPSA) is 70.6 Å². The Morgan fingerprint density at radius 1 is 1.25 bits per heavy atom. The summed E-state index contributed by atoms with van der Waals surface area (Å²) in [5.41, 5.74) is 0. The molecule has 2 aliphatic rings. The highest BCUT2D eigenvalue weighted by atomic mass is 16.5. The second-order valence-electron chi connectivity index (χ2n) is 6.57. The van der Waals surface area contributed by atoms with Crippen LogP contribution >= 0.6 is 0 Å². The molecule has 0 bridgehead atoms. The summed E-state index contributed by atoms with van der Waals surface area (Å²) in [5, 5.41) is 10.5. The molecule has 1 aromatic heterocycles. The molecule has 7 nitrogen and oxygen atoms in total. The molecule has 2 fully saturated rings. The number of rotatable bonds is 5. The van der Waals surface area contributed by atoms with Crippen molar-refractivity contribution < 1.29 is 9.53 Å². The van der Waals surface area contributed by atoms with E-state index in [2.05, 4.69) is 20.4 Å². The van der Waals surface area contributed by atoms with Gasteiger partial charge in [-0.25, -0.2) is 4.79 Å². The number of amides is 2. The van der Waals surface area contributed by atoms with E-state index in [1.807, 2.05) is 4.90 Å². The van der Waals surface area contributed by atoms with Gasteiger partial charge in [0.1, 0.15) is 0 Å². The molecule has 3 rings (SSSR count). The van der Waals surface area contributed by atoms with Gasteiger partial charge in [0.15, 0.2) is 5.82 Å². The number of nitrogens with zero attached hydrogens (tertiary/aromatic N) is 4. The molecule has 24 heavy (non-hydrogen) atoms. The van der Waals surface area contributed by atoms with Gasteiger partial charge in [-0.3, -0.25) is 10.2 Å². The van der Waals surface area contributed by atoms with Crippen molar-refractivity contribution in [1.82, 2.24) is 20.0 Å². The highest BCUT2D eigenvalue weighted by Gasteiger charge is 2.23. The molecule has 1 aromatic rings. The van der Waals surface area contributed by atoms with Gasteiger partial charge in [0.2, 0.25) is 0 Å². The summed E-state index contributed by atoms with van der Waals surface area (Å²) in [4.78, 5) is 16.6. The lowest BCUT2D eigenvalue weighted by Gasteiger charge is -2.32. The molecule has 0 spiro atoms. The average Bonchev–Trinajstić information content (AvgIpc) is 2.64. The number of carbonyl (C=O) groups excluding carboxylic acids is 1. The first-order valence-electron chi connectivity index (χ1n) is 8.95. The van der Waals surface area contributed by atoms with Crippen molar-refractivity contribution in [2.75, 3.05) is 51.3 Å². The summed E-state index contributed by atoms with van der Waals surface area (Å²) in [6.45, 7) is 6.72. The zero-order valence-electron chi connectivity index (χ0n) is 14.2. The Labute approximate surface area is 143 Å². The Kier molecular flexibility index (Phi) is 6.37. The lowest BCUT2D eigenvalue weighted by atomic mass is 9.92. The van der Waals surface area contributed by atoms with E-state index in [1.54, 1.807) is 18.3 Å². The van der Waals surface area contributed by atoms with Crippen molar-refractivity contribution in [3.63, 3.8) is 0 Å². The largest absolute Gasteiger partial charge is 0.379 e. The standard InChI is InChI=1S/C17H27N5O2/c23-17(19-16-4-1-7-18-20-16)22-9-5-15(6-10-22)3-2-8-21-11-13-24-14-12-21/h1,4,7,15H,2-3,5-6,8-14H2,(H,19,20,23). The molecule has 0 unspecified atom stereocenters. The monoisotopic (exact) mass is 333 g/mol. The van der Waals surface area contributed by atoms with Gasteiger partial charge in [-0.2, -0.15) is 5.10 Å². The molecule has 0 aromatic carbocycles. The fourth-order valence-electron chi connectivity index (χ4n) is 3.41. The predicted molar refractivity (Wildman–Crippen MR) is 91.8 cm³/mol. The van der Waals surface area contributed by atoms with E-state index in [9.17, 15) is 4.79 Å². The highest BCUT2D eigenvalue weighted by Crippen LogP contribution is 2.22. The molecule has 1 N–H and O–H groups in total.